The number of hydrogen-bond acceptors (Lipinski definition) is 2. The van der Waals surface area contributed by atoms with Gasteiger partial charge in [-0.2, -0.15) is 0 Å². The second-order valence-electron chi connectivity index (χ2n) is 4.43. The van der Waals surface area contributed by atoms with Gasteiger partial charge in [-0.05, 0) is 30.2 Å². The lowest BCUT2D eigenvalue weighted by molar-refractivity contribution is 0.777. The highest BCUT2D eigenvalue weighted by molar-refractivity contribution is 9.10. The van der Waals surface area contributed by atoms with E-state index in [1.807, 2.05) is 13.8 Å². The predicted molar refractivity (Wildman–Crippen MR) is 79.5 cm³/mol. The topological polar surface area (TPSA) is 54.9 Å². The quantitative estimate of drug-likeness (QED) is 0.852. The molecule has 2 rings (SSSR count). The van der Waals surface area contributed by atoms with Gasteiger partial charge in [0.1, 0.15) is 5.15 Å². The maximum Gasteiger partial charge on any atom is 0.334 e. The number of hydrogen-bond donors (Lipinski definition) is 1. The Labute approximate surface area is 123 Å². The molecule has 0 aliphatic heterocycles. The fourth-order valence-corrected chi connectivity index (χ4v) is 2.49. The van der Waals surface area contributed by atoms with Crippen molar-refractivity contribution in [3.05, 3.63) is 60.3 Å². The van der Waals surface area contributed by atoms with Gasteiger partial charge in [-0.3, -0.25) is 9.78 Å². The molecule has 100 valence electrons. The summed E-state index contributed by atoms with van der Waals surface area (Å²) in [6, 6.07) is 6.92. The molecule has 2 aromatic rings. The van der Waals surface area contributed by atoms with Gasteiger partial charge in [0.05, 0.1) is 11.3 Å². The van der Waals surface area contributed by atoms with Crippen molar-refractivity contribution in [2.45, 2.75) is 19.8 Å². The molecule has 0 spiro atoms. The molecule has 0 aliphatic carbocycles. The Hall–Kier alpha value is -1.33. The first-order valence-corrected chi connectivity index (χ1v) is 6.89. The number of rotatable bonds is 2. The Kier molecular flexibility index (Phi) is 3.96. The average molecular weight is 344 g/mol. The summed E-state index contributed by atoms with van der Waals surface area (Å²) in [6.45, 7) is 3.71. The van der Waals surface area contributed by atoms with Crippen LogP contribution < -0.4 is 11.2 Å². The number of benzene rings is 1. The summed E-state index contributed by atoms with van der Waals surface area (Å²) in [6.07, 6.45) is 0. The van der Waals surface area contributed by atoms with Crippen molar-refractivity contribution in [1.82, 2.24) is 9.55 Å². The van der Waals surface area contributed by atoms with Crippen molar-refractivity contribution in [2.24, 2.45) is 0 Å². The number of halogens is 2. The van der Waals surface area contributed by atoms with E-state index in [0.29, 0.717) is 11.3 Å². The molecule has 4 nitrogen and oxygen atoms in total. The predicted octanol–water partition coefficient (Wildman–Crippen LogP) is 3.07. The van der Waals surface area contributed by atoms with E-state index in [4.69, 9.17) is 11.6 Å². The molecule has 1 N–H and O–H groups in total. The normalized spacial score (nSPS) is 11.0. The van der Waals surface area contributed by atoms with Crippen molar-refractivity contribution in [3.63, 3.8) is 0 Å². The maximum atomic E-state index is 12.4. The Bertz CT molecular complexity index is 717. The third kappa shape index (κ3) is 2.67. The molecule has 0 unspecified atom stereocenters. The molecule has 0 aliphatic rings. The van der Waals surface area contributed by atoms with Crippen LogP contribution in [0.5, 0.6) is 0 Å². The zero-order valence-corrected chi connectivity index (χ0v) is 12.7. The molecule has 1 aromatic heterocycles. The average Bonchev–Trinajstić information content (AvgIpc) is 2.30. The van der Waals surface area contributed by atoms with Gasteiger partial charge in [0.2, 0.25) is 0 Å². The number of H-pyrrole nitrogens is 1. The molecule has 19 heavy (non-hydrogen) atoms. The van der Waals surface area contributed by atoms with Gasteiger partial charge in [0.15, 0.2) is 0 Å². The number of nitrogens with one attached hydrogen (secondary N) is 1. The van der Waals surface area contributed by atoms with Crippen LogP contribution in [0.25, 0.3) is 5.69 Å². The highest BCUT2D eigenvalue weighted by Gasteiger charge is 2.16. The van der Waals surface area contributed by atoms with Crippen molar-refractivity contribution in [2.75, 3.05) is 0 Å². The van der Waals surface area contributed by atoms with Gasteiger partial charge >= 0.3 is 5.69 Å². The van der Waals surface area contributed by atoms with Gasteiger partial charge in [-0.1, -0.05) is 41.4 Å². The summed E-state index contributed by atoms with van der Waals surface area (Å²) in [5.74, 6) is -0.0708. The fourth-order valence-electron chi connectivity index (χ4n) is 1.85. The van der Waals surface area contributed by atoms with E-state index in [-0.39, 0.29) is 16.6 Å². The first-order valence-electron chi connectivity index (χ1n) is 5.72. The van der Waals surface area contributed by atoms with Crippen molar-refractivity contribution in [1.29, 1.82) is 0 Å². The molecule has 6 heteroatoms. The Morgan fingerprint density at radius 3 is 2.32 bits per heavy atom. The van der Waals surface area contributed by atoms with Gasteiger partial charge in [0.25, 0.3) is 5.56 Å². The molecule has 0 amide bonds. The third-order valence-electron chi connectivity index (χ3n) is 2.75. The lowest BCUT2D eigenvalue weighted by atomic mass is 10.1. The van der Waals surface area contributed by atoms with Gasteiger partial charge in [0, 0.05) is 4.47 Å². The van der Waals surface area contributed by atoms with Crippen LogP contribution in [0.15, 0.2) is 38.3 Å². The van der Waals surface area contributed by atoms with E-state index in [9.17, 15) is 9.59 Å². The van der Waals surface area contributed by atoms with E-state index in [1.165, 1.54) is 0 Å². The molecule has 1 heterocycles. The number of aromatic amines is 1. The van der Waals surface area contributed by atoms with Crippen molar-refractivity contribution in [3.8, 4) is 5.69 Å². The van der Waals surface area contributed by atoms with Gasteiger partial charge in [-0.25, -0.2) is 9.36 Å². The SMILES string of the molecule is CC(C)c1c(Cl)[nH]c(=O)n(-c2ccc(Br)cc2)c1=O. The smallest absolute Gasteiger partial charge is 0.297 e. The molecular weight excluding hydrogens is 332 g/mol. The summed E-state index contributed by atoms with van der Waals surface area (Å²) >= 11 is 9.25. The fraction of sp³-hybridized carbons (Fsp3) is 0.231. The Morgan fingerprint density at radius 1 is 1.21 bits per heavy atom. The van der Waals surface area contributed by atoms with Crippen LogP contribution in [-0.4, -0.2) is 9.55 Å². The zero-order valence-electron chi connectivity index (χ0n) is 10.4. The molecule has 0 saturated heterocycles. The van der Waals surface area contributed by atoms with E-state index >= 15 is 0 Å². The molecule has 0 saturated carbocycles. The highest BCUT2D eigenvalue weighted by atomic mass is 79.9. The second kappa shape index (κ2) is 5.35. The molecule has 0 radical (unpaired) electrons. The summed E-state index contributed by atoms with van der Waals surface area (Å²) in [5.41, 5.74) is -0.00926. The lowest BCUT2D eigenvalue weighted by Gasteiger charge is -2.11. The van der Waals surface area contributed by atoms with E-state index in [1.54, 1.807) is 24.3 Å². The summed E-state index contributed by atoms with van der Waals surface area (Å²) in [7, 11) is 0. The Morgan fingerprint density at radius 2 is 1.79 bits per heavy atom. The van der Waals surface area contributed by atoms with Crippen LogP contribution in [0.3, 0.4) is 0 Å². The largest absolute Gasteiger partial charge is 0.334 e. The molecule has 0 bridgehead atoms. The second-order valence-corrected chi connectivity index (χ2v) is 5.72. The minimum absolute atomic E-state index is 0.0708. The number of nitrogens with zero attached hydrogens (tertiary/aromatic N) is 1. The first kappa shape index (κ1) is 14.1. The zero-order chi connectivity index (χ0) is 14.2. The van der Waals surface area contributed by atoms with Crippen LogP contribution in [0.2, 0.25) is 5.15 Å². The third-order valence-corrected chi connectivity index (χ3v) is 3.58. The summed E-state index contributed by atoms with van der Waals surface area (Å²) in [5, 5.41) is 0.110. The van der Waals surface area contributed by atoms with Gasteiger partial charge in [-0.15, -0.1) is 0 Å². The lowest BCUT2D eigenvalue weighted by Crippen LogP contribution is -2.36. The standard InChI is InChI=1S/C13H12BrClN2O2/c1-7(2)10-11(15)16-13(19)17(12(10)18)9-5-3-8(14)4-6-9/h3-7H,1-2H3,(H,16,19). The van der Waals surface area contributed by atoms with Crippen molar-refractivity contribution < 1.29 is 0 Å². The monoisotopic (exact) mass is 342 g/mol. The van der Waals surface area contributed by atoms with E-state index in [2.05, 4.69) is 20.9 Å². The molecular formula is C13H12BrClN2O2. The van der Waals surface area contributed by atoms with Crippen LogP contribution in [0.1, 0.15) is 25.3 Å². The van der Waals surface area contributed by atoms with Crippen LogP contribution in [0, 0.1) is 0 Å². The van der Waals surface area contributed by atoms with E-state index in [0.717, 1.165) is 9.04 Å². The van der Waals surface area contributed by atoms with Crippen molar-refractivity contribution >= 4 is 27.5 Å². The summed E-state index contributed by atoms with van der Waals surface area (Å²) < 4.78 is 1.96. The minimum atomic E-state index is -0.540. The van der Waals surface area contributed by atoms with Gasteiger partial charge < -0.3 is 0 Å². The first-order chi connectivity index (χ1) is 8.91. The maximum absolute atomic E-state index is 12.4. The van der Waals surface area contributed by atoms with Crippen LogP contribution >= 0.6 is 27.5 Å². The summed E-state index contributed by atoms with van der Waals surface area (Å²) in [4.78, 5) is 26.8. The van der Waals surface area contributed by atoms with E-state index < -0.39 is 5.69 Å². The molecule has 0 atom stereocenters. The Balaban J connectivity index is 2.78. The number of aromatic nitrogens is 2. The molecule has 1 aromatic carbocycles. The van der Waals surface area contributed by atoms with Crippen LogP contribution in [0.4, 0.5) is 0 Å². The van der Waals surface area contributed by atoms with Crippen LogP contribution in [-0.2, 0) is 0 Å². The highest BCUT2D eigenvalue weighted by Crippen LogP contribution is 2.18. The molecule has 0 fully saturated rings. The minimum Gasteiger partial charge on any atom is -0.297 e.